The summed E-state index contributed by atoms with van der Waals surface area (Å²) < 4.78 is 15.3. The molecule has 0 bridgehead atoms. The van der Waals surface area contributed by atoms with Gasteiger partial charge < -0.3 is 14.8 Å². The van der Waals surface area contributed by atoms with Crippen LogP contribution in [0.5, 0.6) is 11.8 Å². The smallest absolute Gasteiger partial charge is 0.240 e. The van der Waals surface area contributed by atoms with Gasteiger partial charge in [-0.1, -0.05) is 0 Å². The molecule has 5 heterocycles. The molecule has 0 radical (unpaired) electrons. The highest BCUT2D eigenvalue weighted by molar-refractivity contribution is 14.2. The first kappa shape index (κ1) is 22.5. The van der Waals surface area contributed by atoms with E-state index in [0.717, 1.165) is 59.2 Å². The van der Waals surface area contributed by atoms with E-state index in [2.05, 4.69) is 58.6 Å². The lowest BCUT2D eigenvalue weighted by Gasteiger charge is -2.22. The van der Waals surface area contributed by atoms with Crippen molar-refractivity contribution in [3.8, 4) is 34.0 Å². The highest BCUT2D eigenvalue weighted by Crippen LogP contribution is 2.38. The van der Waals surface area contributed by atoms with E-state index in [-0.39, 0.29) is 0 Å². The van der Waals surface area contributed by atoms with E-state index in [0.29, 0.717) is 24.4 Å². The third-order valence-corrected chi connectivity index (χ3v) is 7.62. The zero-order chi connectivity index (χ0) is 22.8. The van der Waals surface area contributed by atoms with Crippen molar-refractivity contribution in [2.45, 2.75) is 25.8 Å². The van der Waals surface area contributed by atoms with Crippen LogP contribution >= 0.6 is 30.3 Å². The van der Waals surface area contributed by atoms with Crippen LogP contribution in [-0.4, -0.2) is 50.5 Å². The molecule has 4 aromatic heterocycles. The Balaban J connectivity index is 1.60. The second-order valence-corrected chi connectivity index (χ2v) is 9.58. The molecule has 1 aliphatic heterocycles. The van der Waals surface area contributed by atoms with Gasteiger partial charge in [-0.25, -0.2) is 9.97 Å². The quantitative estimate of drug-likeness (QED) is 0.306. The van der Waals surface area contributed by atoms with Crippen molar-refractivity contribution in [2.24, 2.45) is 0 Å². The monoisotopic (exact) mass is 576 g/mol. The fraction of sp³-hybridized carbons (Fsp3) is 0.348. The lowest BCUT2D eigenvalue weighted by atomic mass is 10.0. The van der Waals surface area contributed by atoms with Gasteiger partial charge in [-0.2, -0.15) is 0 Å². The van der Waals surface area contributed by atoms with Crippen molar-refractivity contribution in [1.82, 2.24) is 29.0 Å². The van der Waals surface area contributed by atoms with Gasteiger partial charge in [0.2, 0.25) is 11.8 Å². The molecule has 8 nitrogen and oxygen atoms in total. The average Bonchev–Trinajstić information content (AvgIpc) is 3.46. The Bertz CT molecular complexity index is 1250. The molecule has 4 aromatic rings. The van der Waals surface area contributed by atoms with Crippen molar-refractivity contribution in [2.75, 3.05) is 26.8 Å². The molecule has 1 aliphatic rings. The number of hydrogen-bond donors (Lipinski definition) is 1. The standard InChI is InChI=1S/C23H25IN6O2S/c1-3-32-23-20(13-29(28-23)17-6-8-25-9-7-17)16-10-18-19(14-30(33-24)22(18)27-12-16)15-4-5-21(31-2)26-11-15/h4-5,10-14,17,25H,3,6-9H2,1-2H3. The van der Waals surface area contributed by atoms with Gasteiger partial charge in [-0.05, 0) is 45.0 Å². The van der Waals surface area contributed by atoms with Crippen molar-refractivity contribution in [3.63, 3.8) is 0 Å². The molecular weight excluding hydrogens is 551 g/mol. The van der Waals surface area contributed by atoms with E-state index < -0.39 is 0 Å². The molecule has 1 N–H and O–H groups in total. The van der Waals surface area contributed by atoms with Gasteiger partial charge in [0.1, 0.15) is 0 Å². The fourth-order valence-corrected chi connectivity index (χ4v) is 5.50. The van der Waals surface area contributed by atoms with Crippen LogP contribution in [0.4, 0.5) is 0 Å². The maximum atomic E-state index is 5.93. The van der Waals surface area contributed by atoms with E-state index in [1.54, 1.807) is 16.2 Å². The maximum Gasteiger partial charge on any atom is 0.240 e. The number of hydrogen-bond acceptors (Lipinski definition) is 7. The Morgan fingerprint density at radius 3 is 2.64 bits per heavy atom. The Morgan fingerprint density at radius 2 is 1.94 bits per heavy atom. The number of fused-ring (bicyclic) bond motifs is 1. The minimum Gasteiger partial charge on any atom is -0.481 e. The molecule has 1 fully saturated rings. The molecule has 0 aliphatic carbocycles. The van der Waals surface area contributed by atoms with Crippen LogP contribution in [0.25, 0.3) is 33.3 Å². The lowest BCUT2D eigenvalue weighted by Crippen LogP contribution is -2.29. The predicted octanol–water partition coefficient (Wildman–Crippen LogP) is 5.14. The molecule has 0 unspecified atom stereocenters. The van der Waals surface area contributed by atoms with Gasteiger partial charge in [-0.15, -0.1) is 5.10 Å². The van der Waals surface area contributed by atoms with Crippen molar-refractivity contribution in [1.29, 1.82) is 0 Å². The fourth-order valence-electron chi connectivity index (χ4n) is 4.24. The Morgan fingerprint density at radius 1 is 1.12 bits per heavy atom. The Kier molecular flexibility index (Phi) is 6.74. The minimum absolute atomic E-state index is 0.383. The summed E-state index contributed by atoms with van der Waals surface area (Å²) in [7, 11) is 3.21. The van der Waals surface area contributed by atoms with Crippen LogP contribution in [0.15, 0.2) is 43.0 Å². The minimum atomic E-state index is 0.383. The first-order valence-corrected chi connectivity index (χ1v) is 14.3. The topological polar surface area (TPSA) is 79.0 Å². The molecular formula is C23H25IN6O2S. The molecule has 0 amide bonds. The van der Waals surface area contributed by atoms with Gasteiger partial charge in [0, 0.05) is 83.3 Å². The van der Waals surface area contributed by atoms with E-state index >= 15 is 0 Å². The normalized spacial score (nSPS) is 14.6. The van der Waals surface area contributed by atoms with E-state index in [1.165, 1.54) is 0 Å². The predicted molar refractivity (Wildman–Crippen MR) is 140 cm³/mol. The maximum absolute atomic E-state index is 5.93. The SMILES string of the molecule is CCOc1nn(C2CCNCC2)cc1-c1cnc2c(c1)c(-c1ccc(OC)nc1)cn2SI. The number of methoxy groups -OCH3 is 1. The van der Waals surface area contributed by atoms with Crippen LogP contribution in [0, 0.1) is 0 Å². The number of piperidine rings is 1. The van der Waals surface area contributed by atoms with E-state index in [9.17, 15) is 0 Å². The Hall–Kier alpha value is -2.31. The second-order valence-electron chi connectivity index (χ2n) is 7.86. The number of pyridine rings is 2. The number of aromatic nitrogens is 5. The Labute approximate surface area is 208 Å². The zero-order valence-electron chi connectivity index (χ0n) is 18.5. The van der Waals surface area contributed by atoms with Gasteiger partial charge in [0.05, 0.1) is 25.3 Å². The average molecular weight is 576 g/mol. The summed E-state index contributed by atoms with van der Waals surface area (Å²) >= 11 is 2.28. The molecule has 0 aromatic carbocycles. The van der Waals surface area contributed by atoms with Gasteiger partial charge >= 0.3 is 0 Å². The van der Waals surface area contributed by atoms with Gasteiger partial charge in [0.25, 0.3) is 0 Å². The second kappa shape index (κ2) is 9.90. The summed E-state index contributed by atoms with van der Waals surface area (Å²) in [5, 5.41) is 9.28. The number of halogens is 1. The largest absolute Gasteiger partial charge is 0.481 e. The zero-order valence-corrected chi connectivity index (χ0v) is 21.5. The number of nitrogens with one attached hydrogen (secondary N) is 1. The third kappa shape index (κ3) is 4.43. The van der Waals surface area contributed by atoms with Crippen LogP contribution in [0.1, 0.15) is 25.8 Å². The number of ether oxygens (including phenoxy) is 2. The van der Waals surface area contributed by atoms with Crippen molar-refractivity contribution in [3.05, 3.63) is 43.0 Å². The van der Waals surface area contributed by atoms with Gasteiger partial charge in [0.15, 0.2) is 5.65 Å². The summed E-state index contributed by atoms with van der Waals surface area (Å²) in [6, 6.07) is 6.46. The van der Waals surface area contributed by atoms with E-state index in [4.69, 9.17) is 19.6 Å². The number of rotatable bonds is 7. The first-order chi connectivity index (χ1) is 16.2. The molecule has 33 heavy (non-hydrogen) atoms. The summed E-state index contributed by atoms with van der Waals surface area (Å²) in [5.41, 5.74) is 4.96. The summed E-state index contributed by atoms with van der Waals surface area (Å²) in [4.78, 5) is 9.21. The summed E-state index contributed by atoms with van der Waals surface area (Å²) in [6.07, 6.45) is 10.1. The molecule has 172 valence electrons. The lowest BCUT2D eigenvalue weighted by molar-refractivity contribution is 0.302. The number of nitrogens with zero attached hydrogens (tertiary/aromatic N) is 5. The van der Waals surface area contributed by atoms with E-state index in [1.807, 2.05) is 31.5 Å². The molecule has 10 heteroatoms. The van der Waals surface area contributed by atoms with Crippen molar-refractivity contribution < 1.29 is 9.47 Å². The van der Waals surface area contributed by atoms with Crippen LogP contribution in [0.2, 0.25) is 0 Å². The highest BCUT2D eigenvalue weighted by Gasteiger charge is 2.21. The molecule has 0 saturated carbocycles. The van der Waals surface area contributed by atoms with Crippen molar-refractivity contribution >= 4 is 41.4 Å². The summed E-state index contributed by atoms with van der Waals surface area (Å²) in [5.74, 6) is 1.25. The molecule has 0 spiro atoms. The first-order valence-electron chi connectivity index (χ1n) is 11.0. The summed E-state index contributed by atoms with van der Waals surface area (Å²) in [6.45, 7) is 4.58. The third-order valence-electron chi connectivity index (χ3n) is 5.92. The molecule has 1 saturated heterocycles. The molecule has 0 atom stereocenters. The van der Waals surface area contributed by atoms with Crippen LogP contribution in [-0.2, 0) is 0 Å². The van der Waals surface area contributed by atoms with Crippen LogP contribution in [0.3, 0.4) is 0 Å². The molecule has 5 rings (SSSR count). The van der Waals surface area contributed by atoms with Crippen LogP contribution < -0.4 is 14.8 Å². The van der Waals surface area contributed by atoms with Gasteiger partial charge in [-0.3, -0.25) is 8.65 Å². The highest BCUT2D eigenvalue weighted by atomic mass is 127.